The number of nitro groups is 1. The number of rotatable bonds is 5. The number of nitro benzene ring substituents is 1. The predicted octanol–water partition coefficient (Wildman–Crippen LogP) is 4.12. The lowest BCUT2D eigenvalue weighted by Crippen LogP contribution is -2.31. The van der Waals surface area contributed by atoms with E-state index in [4.69, 9.17) is 11.6 Å². The van der Waals surface area contributed by atoms with E-state index in [0.717, 1.165) is 0 Å². The second kappa shape index (κ2) is 6.66. The van der Waals surface area contributed by atoms with Crippen LogP contribution in [0.5, 0.6) is 0 Å². The normalized spacial score (nSPS) is 13.4. The summed E-state index contributed by atoms with van der Waals surface area (Å²) >= 11 is 6.17. The van der Waals surface area contributed by atoms with Crippen molar-refractivity contribution in [3.63, 3.8) is 0 Å². The van der Waals surface area contributed by atoms with Gasteiger partial charge in [0.1, 0.15) is 5.60 Å². The molecule has 2 aromatic carbocycles. The van der Waals surface area contributed by atoms with Crippen molar-refractivity contribution < 1.29 is 10.0 Å². The Labute approximate surface area is 149 Å². The molecular formula is C18H16ClN3O3. The molecule has 0 bridgehead atoms. The Morgan fingerprint density at radius 1 is 1.24 bits per heavy atom. The van der Waals surface area contributed by atoms with E-state index in [9.17, 15) is 15.2 Å². The molecule has 3 rings (SSSR count). The molecule has 0 fully saturated rings. The van der Waals surface area contributed by atoms with Gasteiger partial charge in [-0.25, -0.2) is 0 Å². The average Bonchev–Trinajstić information content (AvgIpc) is 2.59. The zero-order chi connectivity index (χ0) is 18.0. The van der Waals surface area contributed by atoms with Gasteiger partial charge >= 0.3 is 0 Å². The first-order valence-electron chi connectivity index (χ1n) is 7.62. The number of hydrogen-bond acceptors (Lipinski definition) is 5. The molecule has 0 radical (unpaired) electrons. The van der Waals surface area contributed by atoms with Gasteiger partial charge in [-0.2, -0.15) is 0 Å². The van der Waals surface area contributed by atoms with Crippen LogP contribution in [0.1, 0.15) is 12.5 Å². The number of halogens is 1. The quantitative estimate of drug-likeness (QED) is 0.529. The third-order valence-corrected chi connectivity index (χ3v) is 4.40. The summed E-state index contributed by atoms with van der Waals surface area (Å²) < 4.78 is 0. The molecule has 0 aliphatic carbocycles. The Kier molecular flexibility index (Phi) is 4.57. The Balaban J connectivity index is 1.93. The largest absolute Gasteiger partial charge is 0.384 e. The number of fused-ring (bicyclic) bond motifs is 1. The van der Waals surface area contributed by atoms with Gasteiger partial charge in [-0.15, -0.1) is 0 Å². The molecule has 0 saturated carbocycles. The topological polar surface area (TPSA) is 88.3 Å². The number of non-ortho nitro benzene ring substituents is 1. The van der Waals surface area contributed by atoms with Gasteiger partial charge in [0.25, 0.3) is 5.69 Å². The zero-order valence-electron chi connectivity index (χ0n) is 13.4. The Bertz CT molecular complexity index is 944. The van der Waals surface area contributed by atoms with Crippen molar-refractivity contribution in [2.75, 3.05) is 11.9 Å². The number of hydrogen-bond donors (Lipinski definition) is 2. The fraction of sp³-hybridized carbons (Fsp3) is 0.167. The molecule has 0 aliphatic rings. The summed E-state index contributed by atoms with van der Waals surface area (Å²) in [4.78, 5) is 14.7. The zero-order valence-corrected chi connectivity index (χ0v) is 14.2. The van der Waals surface area contributed by atoms with Crippen molar-refractivity contribution in [1.82, 2.24) is 4.98 Å². The third kappa shape index (κ3) is 3.40. The molecule has 6 nitrogen and oxygen atoms in total. The van der Waals surface area contributed by atoms with Crippen LogP contribution in [0.25, 0.3) is 10.8 Å². The standard InChI is InChI=1S/C18H16ClN3O3/c1-18(23,14-4-2-3-5-15(14)19)11-21-16-6-7-17(22(24)25)13-10-20-9-8-12(13)16/h2-10,21,23H,11H2,1H3. The lowest BCUT2D eigenvalue weighted by atomic mass is 9.95. The summed E-state index contributed by atoms with van der Waals surface area (Å²) in [6.45, 7) is 1.85. The minimum Gasteiger partial charge on any atom is -0.384 e. The van der Waals surface area contributed by atoms with Crippen molar-refractivity contribution in [3.8, 4) is 0 Å². The van der Waals surface area contributed by atoms with E-state index in [1.54, 1.807) is 43.5 Å². The molecular weight excluding hydrogens is 342 g/mol. The second-order valence-corrected chi connectivity index (χ2v) is 6.33. The van der Waals surface area contributed by atoms with Gasteiger partial charge in [-0.05, 0) is 25.1 Å². The second-order valence-electron chi connectivity index (χ2n) is 5.92. The Hall–Kier alpha value is -2.70. The number of benzene rings is 2. The monoisotopic (exact) mass is 357 g/mol. The minimum absolute atomic E-state index is 0.00786. The molecule has 7 heteroatoms. The van der Waals surface area contributed by atoms with Crippen LogP contribution in [-0.2, 0) is 5.60 Å². The first kappa shape index (κ1) is 17.1. The number of anilines is 1. The maximum Gasteiger partial charge on any atom is 0.278 e. The molecule has 0 aliphatic heterocycles. The van der Waals surface area contributed by atoms with Crippen molar-refractivity contribution in [3.05, 3.63) is 75.6 Å². The predicted molar refractivity (Wildman–Crippen MR) is 97.9 cm³/mol. The van der Waals surface area contributed by atoms with Gasteiger partial charge in [-0.1, -0.05) is 29.8 Å². The van der Waals surface area contributed by atoms with Gasteiger partial charge in [-0.3, -0.25) is 15.1 Å². The van der Waals surface area contributed by atoms with E-state index < -0.39 is 10.5 Å². The van der Waals surface area contributed by atoms with Crippen LogP contribution in [0.3, 0.4) is 0 Å². The summed E-state index contributed by atoms with van der Waals surface area (Å²) in [5.74, 6) is 0. The lowest BCUT2D eigenvalue weighted by molar-refractivity contribution is -0.383. The highest BCUT2D eigenvalue weighted by molar-refractivity contribution is 6.31. The number of aliphatic hydroxyl groups is 1. The highest BCUT2D eigenvalue weighted by Gasteiger charge is 2.26. The van der Waals surface area contributed by atoms with Crippen molar-refractivity contribution in [1.29, 1.82) is 0 Å². The molecule has 25 heavy (non-hydrogen) atoms. The molecule has 2 N–H and O–H groups in total. The maximum absolute atomic E-state index is 11.2. The van der Waals surface area contributed by atoms with Crippen molar-refractivity contribution >= 4 is 33.7 Å². The van der Waals surface area contributed by atoms with Crippen LogP contribution in [0.2, 0.25) is 5.02 Å². The highest BCUT2D eigenvalue weighted by Crippen LogP contribution is 2.32. The van der Waals surface area contributed by atoms with E-state index in [-0.39, 0.29) is 12.2 Å². The van der Waals surface area contributed by atoms with Crippen molar-refractivity contribution in [2.45, 2.75) is 12.5 Å². The van der Waals surface area contributed by atoms with E-state index in [2.05, 4.69) is 10.3 Å². The van der Waals surface area contributed by atoms with Gasteiger partial charge < -0.3 is 10.4 Å². The highest BCUT2D eigenvalue weighted by atomic mass is 35.5. The Morgan fingerprint density at radius 2 is 2.00 bits per heavy atom. The van der Waals surface area contributed by atoms with Crippen LogP contribution < -0.4 is 5.32 Å². The number of nitrogens with one attached hydrogen (secondary N) is 1. The molecule has 0 amide bonds. The molecule has 0 spiro atoms. The number of nitrogens with zero attached hydrogens (tertiary/aromatic N) is 2. The summed E-state index contributed by atoms with van der Waals surface area (Å²) in [5, 5.41) is 26.7. The summed E-state index contributed by atoms with van der Waals surface area (Å²) in [5.41, 5.74) is 0.0679. The van der Waals surface area contributed by atoms with Crippen LogP contribution in [0.15, 0.2) is 54.9 Å². The Morgan fingerprint density at radius 3 is 2.72 bits per heavy atom. The summed E-state index contributed by atoms with van der Waals surface area (Å²) in [6, 6.07) is 11.9. The number of pyridine rings is 1. The van der Waals surface area contributed by atoms with E-state index in [1.807, 2.05) is 6.07 Å². The molecule has 1 unspecified atom stereocenters. The van der Waals surface area contributed by atoms with E-state index in [1.165, 1.54) is 12.3 Å². The molecule has 3 aromatic rings. The van der Waals surface area contributed by atoms with Gasteiger partial charge in [0, 0.05) is 46.7 Å². The lowest BCUT2D eigenvalue weighted by Gasteiger charge is -2.26. The fourth-order valence-corrected chi connectivity index (χ4v) is 3.09. The smallest absolute Gasteiger partial charge is 0.278 e. The average molecular weight is 358 g/mol. The van der Waals surface area contributed by atoms with Crippen LogP contribution in [0, 0.1) is 10.1 Å². The first-order chi connectivity index (χ1) is 11.9. The van der Waals surface area contributed by atoms with Gasteiger partial charge in [0.2, 0.25) is 0 Å². The van der Waals surface area contributed by atoms with E-state index in [0.29, 0.717) is 27.0 Å². The summed E-state index contributed by atoms with van der Waals surface area (Å²) in [7, 11) is 0. The SMILES string of the molecule is CC(O)(CNc1ccc([N+](=O)[O-])c2cnccc12)c1ccccc1Cl. The van der Waals surface area contributed by atoms with Gasteiger partial charge in [0.05, 0.1) is 10.3 Å². The molecule has 1 aromatic heterocycles. The maximum atomic E-state index is 11.2. The van der Waals surface area contributed by atoms with Gasteiger partial charge in [0.15, 0.2) is 0 Å². The van der Waals surface area contributed by atoms with Crippen molar-refractivity contribution in [2.24, 2.45) is 0 Å². The fourth-order valence-electron chi connectivity index (χ4n) is 2.75. The number of aromatic nitrogens is 1. The first-order valence-corrected chi connectivity index (χ1v) is 8.00. The van der Waals surface area contributed by atoms with Crippen LogP contribution in [0.4, 0.5) is 11.4 Å². The third-order valence-electron chi connectivity index (χ3n) is 4.07. The van der Waals surface area contributed by atoms with Crippen LogP contribution in [-0.4, -0.2) is 21.6 Å². The van der Waals surface area contributed by atoms with Crippen LogP contribution >= 0.6 is 11.6 Å². The molecule has 0 saturated heterocycles. The molecule has 128 valence electrons. The molecule has 1 heterocycles. The summed E-state index contributed by atoms with van der Waals surface area (Å²) in [6.07, 6.45) is 3.04. The van der Waals surface area contributed by atoms with E-state index >= 15 is 0 Å². The minimum atomic E-state index is -1.21. The molecule has 1 atom stereocenters.